The lowest BCUT2D eigenvalue weighted by atomic mass is 10.3. The quantitative estimate of drug-likeness (QED) is 0.745. The van der Waals surface area contributed by atoms with E-state index in [2.05, 4.69) is 0 Å². The summed E-state index contributed by atoms with van der Waals surface area (Å²) < 4.78 is 10.5. The number of halogens is 1. The van der Waals surface area contributed by atoms with Crippen molar-refractivity contribution in [3.63, 3.8) is 0 Å². The largest absolute Gasteiger partial charge is 0.460 e. The van der Waals surface area contributed by atoms with E-state index in [0.717, 1.165) is 0 Å². The van der Waals surface area contributed by atoms with E-state index in [-0.39, 0.29) is 0 Å². The summed E-state index contributed by atoms with van der Waals surface area (Å²) in [6.07, 6.45) is 1.55. The van der Waals surface area contributed by atoms with Crippen molar-refractivity contribution in [2.75, 3.05) is 0 Å². The van der Waals surface area contributed by atoms with Gasteiger partial charge in [0.1, 0.15) is 5.75 Å². The van der Waals surface area contributed by atoms with Crippen molar-refractivity contribution in [3.05, 3.63) is 53.4 Å². The Bertz CT molecular complexity index is 448. The maximum absolute atomic E-state index is 5.74. The molecule has 1 heterocycles. The molecule has 0 saturated carbocycles. The van der Waals surface area contributed by atoms with Crippen LogP contribution in [0, 0.1) is 0 Å². The van der Waals surface area contributed by atoms with Gasteiger partial charge in [0.05, 0.1) is 6.26 Å². The highest BCUT2D eigenvalue weighted by atomic mass is 35.5. The lowest BCUT2D eigenvalue weighted by Gasteiger charge is -2.03. The molecule has 0 aliphatic heterocycles. The Balaban J connectivity index is 2.09. The van der Waals surface area contributed by atoms with Crippen molar-refractivity contribution in [1.29, 1.82) is 0 Å². The first kappa shape index (κ1) is 10.2. The van der Waals surface area contributed by atoms with Gasteiger partial charge < -0.3 is 9.15 Å². The van der Waals surface area contributed by atoms with E-state index in [0.29, 0.717) is 21.6 Å². The summed E-state index contributed by atoms with van der Waals surface area (Å²) in [7, 11) is 0. The fourth-order valence-corrected chi connectivity index (χ4v) is 1.39. The number of hydrogen-bond donors (Lipinski definition) is 0. The fourth-order valence-electron chi connectivity index (χ4n) is 1.05. The Labute approximate surface area is 97.4 Å². The van der Waals surface area contributed by atoms with Crippen LogP contribution in [0.2, 0.25) is 5.02 Å². The number of ether oxygens (including phenoxy) is 1. The molecule has 0 spiro atoms. The second-order valence-electron chi connectivity index (χ2n) is 2.82. The summed E-state index contributed by atoms with van der Waals surface area (Å²) >= 11 is 10.8. The third kappa shape index (κ3) is 2.58. The molecular weight excluding hydrogens is 232 g/mol. The van der Waals surface area contributed by atoms with Crippen LogP contribution in [-0.2, 0) is 0 Å². The summed E-state index contributed by atoms with van der Waals surface area (Å²) in [5.74, 6) is 1.18. The van der Waals surface area contributed by atoms with Gasteiger partial charge in [-0.15, -0.1) is 0 Å². The van der Waals surface area contributed by atoms with Gasteiger partial charge in [-0.3, -0.25) is 0 Å². The summed E-state index contributed by atoms with van der Waals surface area (Å²) in [6.45, 7) is 0. The van der Waals surface area contributed by atoms with Crippen molar-refractivity contribution in [2.45, 2.75) is 0 Å². The van der Waals surface area contributed by atoms with Gasteiger partial charge in [-0.2, -0.15) is 0 Å². The predicted molar refractivity (Wildman–Crippen MR) is 62.5 cm³/mol. The molecule has 0 unspecified atom stereocenters. The summed E-state index contributed by atoms with van der Waals surface area (Å²) in [6, 6.07) is 10.5. The van der Waals surface area contributed by atoms with Crippen LogP contribution in [0.1, 0.15) is 5.76 Å². The Hall–Kier alpha value is -1.32. The van der Waals surface area contributed by atoms with Gasteiger partial charge in [-0.1, -0.05) is 11.6 Å². The van der Waals surface area contributed by atoms with Crippen LogP contribution in [0.5, 0.6) is 5.75 Å². The van der Waals surface area contributed by atoms with Gasteiger partial charge in [0.2, 0.25) is 5.05 Å². The normalized spacial score (nSPS) is 9.93. The monoisotopic (exact) mass is 238 g/mol. The van der Waals surface area contributed by atoms with Gasteiger partial charge in [-0.05, 0) is 48.6 Å². The molecule has 2 rings (SSSR count). The minimum atomic E-state index is 0.308. The van der Waals surface area contributed by atoms with Crippen molar-refractivity contribution in [3.8, 4) is 5.75 Å². The number of rotatable bonds is 2. The van der Waals surface area contributed by atoms with Gasteiger partial charge in [-0.25, -0.2) is 0 Å². The van der Waals surface area contributed by atoms with Crippen LogP contribution in [0.3, 0.4) is 0 Å². The molecule has 0 aliphatic rings. The van der Waals surface area contributed by atoms with Crippen LogP contribution in [0.25, 0.3) is 0 Å². The van der Waals surface area contributed by atoms with Crippen molar-refractivity contribution < 1.29 is 9.15 Å². The molecule has 4 heteroatoms. The standard InChI is InChI=1S/C11H7ClO2S/c12-8-3-5-9(6-4-8)14-11(15)10-2-1-7-13-10/h1-7H. The van der Waals surface area contributed by atoms with E-state index in [9.17, 15) is 0 Å². The third-order valence-electron chi connectivity index (χ3n) is 1.75. The number of hydrogen-bond acceptors (Lipinski definition) is 3. The summed E-state index contributed by atoms with van der Waals surface area (Å²) in [5, 5.41) is 0.966. The zero-order valence-electron chi connectivity index (χ0n) is 7.64. The van der Waals surface area contributed by atoms with Crippen molar-refractivity contribution >= 4 is 28.9 Å². The van der Waals surface area contributed by atoms with E-state index in [1.165, 1.54) is 0 Å². The molecule has 2 nitrogen and oxygen atoms in total. The molecule has 1 aromatic carbocycles. The third-order valence-corrected chi connectivity index (χ3v) is 2.28. The number of furan rings is 1. The summed E-state index contributed by atoms with van der Waals surface area (Å²) in [4.78, 5) is 0. The van der Waals surface area contributed by atoms with E-state index < -0.39 is 0 Å². The van der Waals surface area contributed by atoms with Crippen molar-refractivity contribution in [1.82, 2.24) is 0 Å². The lowest BCUT2D eigenvalue weighted by Crippen LogP contribution is -2.05. The number of benzene rings is 1. The van der Waals surface area contributed by atoms with Gasteiger partial charge in [0.15, 0.2) is 5.76 Å². The molecule has 76 valence electrons. The minimum Gasteiger partial charge on any atom is -0.460 e. The first-order valence-corrected chi connectivity index (χ1v) is 5.05. The van der Waals surface area contributed by atoms with Crippen LogP contribution in [0.15, 0.2) is 47.1 Å². The molecule has 1 aromatic heterocycles. The van der Waals surface area contributed by atoms with Crippen LogP contribution >= 0.6 is 23.8 Å². The Morgan fingerprint density at radius 2 is 1.93 bits per heavy atom. The number of thiocarbonyl (C=S) groups is 1. The predicted octanol–water partition coefficient (Wildman–Crippen LogP) is 3.69. The van der Waals surface area contributed by atoms with Crippen LogP contribution in [0.4, 0.5) is 0 Å². The minimum absolute atomic E-state index is 0.308. The molecule has 2 aromatic rings. The first-order valence-electron chi connectivity index (χ1n) is 4.27. The average molecular weight is 239 g/mol. The van der Waals surface area contributed by atoms with Crippen molar-refractivity contribution in [2.24, 2.45) is 0 Å². The topological polar surface area (TPSA) is 22.4 Å². The van der Waals surface area contributed by atoms with E-state index >= 15 is 0 Å². The molecule has 0 saturated heterocycles. The second kappa shape index (κ2) is 4.47. The van der Waals surface area contributed by atoms with E-state index in [1.807, 2.05) is 0 Å². The van der Waals surface area contributed by atoms with Gasteiger partial charge in [0.25, 0.3) is 0 Å². The Morgan fingerprint density at radius 1 is 1.20 bits per heavy atom. The molecule has 15 heavy (non-hydrogen) atoms. The fraction of sp³-hybridized carbons (Fsp3) is 0. The molecule has 0 fully saturated rings. The average Bonchev–Trinajstić information content (AvgIpc) is 2.74. The molecule has 0 atom stereocenters. The zero-order chi connectivity index (χ0) is 10.7. The van der Waals surface area contributed by atoms with Gasteiger partial charge >= 0.3 is 0 Å². The van der Waals surface area contributed by atoms with E-state index in [1.54, 1.807) is 42.7 Å². The highest BCUT2D eigenvalue weighted by molar-refractivity contribution is 7.80. The summed E-state index contributed by atoms with van der Waals surface area (Å²) in [5.41, 5.74) is 0. The van der Waals surface area contributed by atoms with Crippen LogP contribution in [-0.4, -0.2) is 5.05 Å². The molecule has 0 N–H and O–H groups in total. The SMILES string of the molecule is S=C(Oc1ccc(Cl)cc1)c1ccco1. The lowest BCUT2D eigenvalue weighted by molar-refractivity contribution is 0.507. The Morgan fingerprint density at radius 3 is 2.53 bits per heavy atom. The second-order valence-corrected chi connectivity index (χ2v) is 3.63. The molecular formula is C11H7ClO2S. The molecule has 0 bridgehead atoms. The maximum atomic E-state index is 5.74. The van der Waals surface area contributed by atoms with Gasteiger partial charge in [0, 0.05) is 5.02 Å². The molecule has 0 radical (unpaired) electrons. The highest BCUT2D eigenvalue weighted by Gasteiger charge is 2.06. The molecule has 0 amide bonds. The Kier molecular flexibility index (Phi) is 3.04. The maximum Gasteiger partial charge on any atom is 0.233 e. The molecule has 0 aliphatic carbocycles. The van der Waals surface area contributed by atoms with E-state index in [4.69, 9.17) is 33.0 Å². The van der Waals surface area contributed by atoms with Crippen LogP contribution < -0.4 is 4.74 Å². The zero-order valence-corrected chi connectivity index (χ0v) is 9.22. The highest BCUT2D eigenvalue weighted by Crippen LogP contribution is 2.17. The first-order chi connectivity index (χ1) is 7.25. The smallest absolute Gasteiger partial charge is 0.233 e.